The fourth-order valence-corrected chi connectivity index (χ4v) is 5.10. The molecule has 4 nitrogen and oxygen atoms in total. The molecule has 6 rings (SSSR count). The summed E-state index contributed by atoms with van der Waals surface area (Å²) >= 11 is 1.78. The fraction of sp³-hybridized carbons (Fsp3) is 0.0952. The van der Waals surface area contributed by atoms with Gasteiger partial charge in [0.2, 0.25) is 0 Å². The van der Waals surface area contributed by atoms with Crippen molar-refractivity contribution in [1.82, 2.24) is 19.6 Å². The predicted octanol–water partition coefficient (Wildman–Crippen LogP) is 4.89. The van der Waals surface area contributed by atoms with Gasteiger partial charge in [0, 0.05) is 22.4 Å². The Hall–Kier alpha value is -3.05. The average Bonchev–Trinajstić information content (AvgIpc) is 3.33. The molecule has 0 fully saturated rings. The van der Waals surface area contributed by atoms with Crippen molar-refractivity contribution in [2.45, 2.75) is 13.3 Å². The standard InChI is InChI=1S/C21H14N4S/c1-12-22-21-18(17-15-10-6-5-9-14(15)11-16(17)26-21)20-23-19(24-25(12)20)13-7-3-2-4-8-13/h2-10H,11H2,1H3. The van der Waals surface area contributed by atoms with Gasteiger partial charge in [0.15, 0.2) is 11.5 Å². The second-order valence-electron chi connectivity index (χ2n) is 6.61. The highest BCUT2D eigenvalue weighted by molar-refractivity contribution is 7.19. The highest BCUT2D eigenvalue weighted by Gasteiger charge is 2.27. The molecular weight excluding hydrogens is 340 g/mol. The van der Waals surface area contributed by atoms with Gasteiger partial charge < -0.3 is 0 Å². The Morgan fingerprint density at radius 1 is 0.962 bits per heavy atom. The minimum atomic E-state index is 0.745. The first-order valence-corrected chi connectivity index (χ1v) is 9.44. The summed E-state index contributed by atoms with van der Waals surface area (Å²) in [5, 5.41) is 5.88. The van der Waals surface area contributed by atoms with Gasteiger partial charge in [0.25, 0.3) is 0 Å². The normalized spacial score (nSPS) is 12.7. The third-order valence-corrected chi connectivity index (χ3v) is 6.12. The van der Waals surface area contributed by atoms with E-state index in [1.54, 1.807) is 11.3 Å². The van der Waals surface area contributed by atoms with Crippen LogP contribution in [-0.2, 0) is 6.42 Å². The number of benzene rings is 2. The van der Waals surface area contributed by atoms with Crippen LogP contribution in [0.1, 0.15) is 16.3 Å². The van der Waals surface area contributed by atoms with Crippen LogP contribution in [0.2, 0.25) is 0 Å². The molecule has 3 aromatic heterocycles. The van der Waals surface area contributed by atoms with Crippen molar-refractivity contribution in [3.8, 4) is 22.5 Å². The maximum Gasteiger partial charge on any atom is 0.182 e. The summed E-state index contributed by atoms with van der Waals surface area (Å²) in [7, 11) is 0. The fourth-order valence-electron chi connectivity index (χ4n) is 3.86. The molecule has 2 aromatic carbocycles. The molecule has 124 valence electrons. The van der Waals surface area contributed by atoms with Crippen LogP contribution in [0.25, 0.3) is 38.4 Å². The van der Waals surface area contributed by atoms with Crippen LogP contribution in [0.15, 0.2) is 54.6 Å². The van der Waals surface area contributed by atoms with Gasteiger partial charge in [-0.3, -0.25) is 0 Å². The van der Waals surface area contributed by atoms with E-state index in [4.69, 9.17) is 15.1 Å². The largest absolute Gasteiger partial charge is 0.222 e. The van der Waals surface area contributed by atoms with Gasteiger partial charge in [0.05, 0.1) is 5.39 Å². The van der Waals surface area contributed by atoms with E-state index in [1.807, 2.05) is 41.8 Å². The first kappa shape index (κ1) is 14.2. The molecule has 0 saturated carbocycles. The van der Waals surface area contributed by atoms with Crippen LogP contribution >= 0.6 is 11.3 Å². The van der Waals surface area contributed by atoms with Gasteiger partial charge >= 0.3 is 0 Å². The Kier molecular flexibility index (Phi) is 2.72. The molecule has 3 heterocycles. The second kappa shape index (κ2) is 4.99. The van der Waals surface area contributed by atoms with Gasteiger partial charge in [-0.1, -0.05) is 54.6 Å². The van der Waals surface area contributed by atoms with Crippen molar-refractivity contribution in [2.24, 2.45) is 0 Å². The lowest BCUT2D eigenvalue weighted by Gasteiger charge is -2.02. The number of thiophene rings is 1. The van der Waals surface area contributed by atoms with Crippen molar-refractivity contribution in [2.75, 3.05) is 0 Å². The highest BCUT2D eigenvalue weighted by Crippen LogP contribution is 2.47. The zero-order chi connectivity index (χ0) is 17.3. The molecule has 1 aliphatic carbocycles. The van der Waals surface area contributed by atoms with Crippen LogP contribution < -0.4 is 0 Å². The third kappa shape index (κ3) is 1.81. The Labute approximate surface area is 153 Å². The number of hydrogen-bond acceptors (Lipinski definition) is 4. The SMILES string of the molecule is Cc1nc2sc3c(c2c2nc(-c4ccccc4)nn12)-c1ccccc1C3. The van der Waals surface area contributed by atoms with Gasteiger partial charge in [-0.15, -0.1) is 16.4 Å². The van der Waals surface area contributed by atoms with Crippen LogP contribution in [0, 0.1) is 6.92 Å². The minimum absolute atomic E-state index is 0.745. The van der Waals surface area contributed by atoms with Crippen LogP contribution in [0.3, 0.4) is 0 Å². The summed E-state index contributed by atoms with van der Waals surface area (Å²) in [5.74, 6) is 1.62. The maximum absolute atomic E-state index is 4.91. The Morgan fingerprint density at radius 3 is 2.65 bits per heavy atom. The number of aromatic nitrogens is 4. The van der Waals surface area contributed by atoms with E-state index in [0.717, 1.165) is 39.5 Å². The smallest absolute Gasteiger partial charge is 0.182 e. The summed E-state index contributed by atoms with van der Waals surface area (Å²) in [5.41, 5.74) is 5.92. The topological polar surface area (TPSA) is 43.1 Å². The highest BCUT2D eigenvalue weighted by atomic mass is 32.1. The maximum atomic E-state index is 4.91. The molecule has 0 aliphatic heterocycles. The zero-order valence-corrected chi connectivity index (χ0v) is 14.9. The first-order valence-electron chi connectivity index (χ1n) is 8.62. The Balaban J connectivity index is 1.73. The van der Waals surface area contributed by atoms with E-state index in [9.17, 15) is 0 Å². The summed E-state index contributed by atoms with van der Waals surface area (Å²) in [6.45, 7) is 1.99. The van der Waals surface area contributed by atoms with Gasteiger partial charge in [-0.05, 0) is 18.1 Å². The van der Waals surface area contributed by atoms with Crippen LogP contribution in [0.5, 0.6) is 0 Å². The summed E-state index contributed by atoms with van der Waals surface area (Å²) in [6.07, 6.45) is 0.984. The lowest BCUT2D eigenvalue weighted by atomic mass is 10.1. The summed E-state index contributed by atoms with van der Waals surface area (Å²) in [4.78, 5) is 12.2. The van der Waals surface area contributed by atoms with Crippen LogP contribution in [0.4, 0.5) is 0 Å². The first-order chi connectivity index (χ1) is 12.8. The van der Waals surface area contributed by atoms with Gasteiger partial charge in [-0.2, -0.15) is 4.52 Å². The monoisotopic (exact) mass is 354 g/mol. The average molecular weight is 354 g/mol. The molecule has 0 atom stereocenters. The molecule has 0 unspecified atom stereocenters. The third-order valence-electron chi connectivity index (χ3n) is 5.03. The molecule has 0 bridgehead atoms. The van der Waals surface area contributed by atoms with Crippen molar-refractivity contribution in [1.29, 1.82) is 0 Å². The van der Waals surface area contributed by atoms with Gasteiger partial charge in [-0.25, -0.2) is 9.97 Å². The number of nitrogens with zero attached hydrogens (tertiary/aromatic N) is 4. The lowest BCUT2D eigenvalue weighted by molar-refractivity contribution is 0.882. The van der Waals surface area contributed by atoms with Crippen molar-refractivity contribution >= 4 is 27.2 Å². The predicted molar refractivity (Wildman–Crippen MR) is 105 cm³/mol. The number of fused-ring (bicyclic) bond motifs is 7. The molecular formula is C21H14N4S. The number of aryl methyl sites for hydroxylation is 1. The Bertz CT molecular complexity index is 1310. The molecule has 0 amide bonds. The van der Waals surface area contributed by atoms with Crippen LogP contribution in [-0.4, -0.2) is 19.6 Å². The molecule has 0 N–H and O–H groups in total. The van der Waals surface area contributed by atoms with Gasteiger partial charge in [0.1, 0.15) is 10.7 Å². The van der Waals surface area contributed by atoms with E-state index in [0.29, 0.717) is 0 Å². The molecule has 5 aromatic rings. The van der Waals surface area contributed by atoms with Crippen molar-refractivity contribution in [3.05, 3.63) is 70.9 Å². The quantitative estimate of drug-likeness (QED) is 0.422. The lowest BCUT2D eigenvalue weighted by Crippen LogP contribution is -1.97. The number of rotatable bonds is 1. The molecule has 5 heteroatoms. The van der Waals surface area contributed by atoms with E-state index >= 15 is 0 Å². The van der Waals surface area contributed by atoms with Crippen molar-refractivity contribution < 1.29 is 0 Å². The van der Waals surface area contributed by atoms with E-state index in [1.165, 1.54) is 21.6 Å². The molecule has 0 radical (unpaired) electrons. The zero-order valence-electron chi connectivity index (χ0n) is 14.1. The molecule has 26 heavy (non-hydrogen) atoms. The van der Waals surface area contributed by atoms with E-state index in [-0.39, 0.29) is 0 Å². The summed E-state index contributed by atoms with van der Waals surface area (Å²) in [6, 6.07) is 18.8. The van der Waals surface area contributed by atoms with Crippen molar-refractivity contribution in [3.63, 3.8) is 0 Å². The minimum Gasteiger partial charge on any atom is -0.222 e. The van der Waals surface area contributed by atoms with E-state index in [2.05, 4.69) is 24.3 Å². The second-order valence-corrected chi connectivity index (χ2v) is 7.69. The number of hydrogen-bond donors (Lipinski definition) is 0. The molecule has 0 spiro atoms. The summed E-state index contributed by atoms with van der Waals surface area (Å²) < 4.78 is 1.89. The Morgan fingerprint density at radius 2 is 1.77 bits per heavy atom. The molecule has 0 saturated heterocycles. The molecule has 1 aliphatic rings. The van der Waals surface area contributed by atoms with E-state index < -0.39 is 0 Å².